The Morgan fingerprint density at radius 2 is 1.94 bits per heavy atom. The number of ether oxygens (including phenoxy) is 1. The van der Waals surface area contributed by atoms with Crippen LogP contribution in [0.15, 0.2) is 12.1 Å². The van der Waals surface area contributed by atoms with Gasteiger partial charge in [0.2, 0.25) is 0 Å². The number of aromatic hydroxyl groups is 1. The minimum Gasteiger partial charge on any atom is -0.507 e. The number of benzene rings is 1. The summed E-state index contributed by atoms with van der Waals surface area (Å²) in [7, 11) is 0. The summed E-state index contributed by atoms with van der Waals surface area (Å²) in [6, 6.07) is 3.49. The fourth-order valence-electron chi connectivity index (χ4n) is 1.68. The van der Waals surface area contributed by atoms with Crippen LogP contribution in [0.5, 0.6) is 11.5 Å². The molecule has 0 saturated heterocycles. The van der Waals surface area contributed by atoms with E-state index < -0.39 is 0 Å². The van der Waals surface area contributed by atoms with Crippen LogP contribution in [0.2, 0.25) is 0 Å². The molecular weight excluding hydrogens is 216 g/mol. The summed E-state index contributed by atoms with van der Waals surface area (Å²) in [5.41, 5.74) is 1.19. The molecule has 1 aromatic rings. The maximum atomic E-state index is 11.4. The summed E-state index contributed by atoms with van der Waals surface area (Å²) in [6.07, 6.45) is 0.318. The first-order valence-electron chi connectivity index (χ1n) is 5.81. The molecule has 0 saturated carbocycles. The van der Waals surface area contributed by atoms with Crippen LogP contribution in [0.3, 0.4) is 0 Å². The van der Waals surface area contributed by atoms with Gasteiger partial charge in [-0.25, -0.2) is 0 Å². The van der Waals surface area contributed by atoms with Gasteiger partial charge < -0.3 is 9.84 Å². The highest BCUT2D eigenvalue weighted by Gasteiger charge is 2.25. The van der Waals surface area contributed by atoms with Crippen molar-refractivity contribution in [1.82, 2.24) is 0 Å². The molecule has 3 nitrogen and oxygen atoms in total. The van der Waals surface area contributed by atoms with Crippen LogP contribution in [-0.2, 0) is 10.2 Å². The molecule has 17 heavy (non-hydrogen) atoms. The number of carbonyl (C=O) groups excluding carboxylic acids is 1. The molecule has 0 bridgehead atoms. The third-order valence-electron chi connectivity index (χ3n) is 2.60. The number of hydrogen-bond donors (Lipinski definition) is 1. The standard InChI is InChI=1S/C14H20O3/c1-6-11(15)17-10-8-7-9(2)13(16)12(10)14(3,4)5/h7-8,16H,6H2,1-5H3. The van der Waals surface area contributed by atoms with Gasteiger partial charge in [0.15, 0.2) is 0 Å². The highest BCUT2D eigenvalue weighted by molar-refractivity contribution is 5.73. The Hall–Kier alpha value is -1.51. The SMILES string of the molecule is CCC(=O)Oc1ccc(C)c(O)c1C(C)(C)C. The molecule has 1 rings (SSSR count). The number of phenols is 1. The topological polar surface area (TPSA) is 46.5 Å². The third-order valence-corrected chi connectivity index (χ3v) is 2.60. The lowest BCUT2D eigenvalue weighted by molar-refractivity contribution is -0.134. The molecule has 0 atom stereocenters. The smallest absolute Gasteiger partial charge is 0.310 e. The maximum Gasteiger partial charge on any atom is 0.310 e. The van der Waals surface area contributed by atoms with Crippen LogP contribution in [0.4, 0.5) is 0 Å². The summed E-state index contributed by atoms with van der Waals surface area (Å²) >= 11 is 0. The molecule has 0 aromatic heterocycles. The fourth-order valence-corrected chi connectivity index (χ4v) is 1.68. The van der Waals surface area contributed by atoms with Crippen molar-refractivity contribution in [1.29, 1.82) is 0 Å². The number of esters is 1. The van der Waals surface area contributed by atoms with Crippen molar-refractivity contribution in [3.63, 3.8) is 0 Å². The molecule has 1 aromatic carbocycles. The van der Waals surface area contributed by atoms with Crippen molar-refractivity contribution >= 4 is 5.97 Å². The van der Waals surface area contributed by atoms with Gasteiger partial charge in [0.25, 0.3) is 0 Å². The average molecular weight is 236 g/mol. The van der Waals surface area contributed by atoms with E-state index in [0.29, 0.717) is 17.7 Å². The molecule has 0 spiro atoms. The van der Waals surface area contributed by atoms with Gasteiger partial charge in [0.1, 0.15) is 11.5 Å². The van der Waals surface area contributed by atoms with Gasteiger partial charge in [0.05, 0.1) is 0 Å². The molecule has 1 N–H and O–H groups in total. The Morgan fingerprint density at radius 1 is 1.35 bits per heavy atom. The second kappa shape index (κ2) is 4.78. The monoisotopic (exact) mass is 236 g/mol. The van der Waals surface area contributed by atoms with E-state index in [2.05, 4.69) is 0 Å². The van der Waals surface area contributed by atoms with Crippen LogP contribution in [0, 0.1) is 6.92 Å². The molecule has 0 unspecified atom stereocenters. The van der Waals surface area contributed by atoms with Crippen LogP contribution < -0.4 is 4.74 Å². The van der Waals surface area contributed by atoms with E-state index in [0.717, 1.165) is 5.56 Å². The highest BCUT2D eigenvalue weighted by atomic mass is 16.5. The van der Waals surface area contributed by atoms with Crippen LogP contribution in [0.1, 0.15) is 45.2 Å². The Bertz CT molecular complexity index is 428. The predicted molar refractivity (Wildman–Crippen MR) is 67.5 cm³/mol. The number of rotatable bonds is 2. The van der Waals surface area contributed by atoms with Crippen LogP contribution in [-0.4, -0.2) is 11.1 Å². The minimum atomic E-state index is -0.293. The molecular formula is C14H20O3. The zero-order valence-electron chi connectivity index (χ0n) is 11.1. The summed E-state index contributed by atoms with van der Waals surface area (Å²) in [5.74, 6) is 0.366. The molecule has 0 radical (unpaired) electrons. The molecule has 0 fully saturated rings. The normalized spacial score (nSPS) is 11.4. The van der Waals surface area contributed by atoms with Crippen molar-refractivity contribution in [2.45, 2.75) is 46.5 Å². The molecule has 0 aliphatic heterocycles. The van der Waals surface area contributed by atoms with Crippen molar-refractivity contribution in [2.75, 3.05) is 0 Å². The van der Waals surface area contributed by atoms with E-state index in [-0.39, 0.29) is 17.1 Å². The molecule has 0 heterocycles. The van der Waals surface area contributed by atoms with Crippen LogP contribution >= 0.6 is 0 Å². The summed E-state index contributed by atoms with van der Waals surface area (Å²) in [4.78, 5) is 11.4. The van der Waals surface area contributed by atoms with E-state index in [1.165, 1.54) is 0 Å². The van der Waals surface area contributed by atoms with Gasteiger partial charge in [-0.3, -0.25) is 4.79 Å². The predicted octanol–water partition coefficient (Wildman–Crippen LogP) is 3.31. The zero-order chi connectivity index (χ0) is 13.2. The summed E-state index contributed by atoms with van der Waals surface area (Å²) < 4.78 is 5.26. The van der Waals surface area contributed by atoms with E-state index in [4.69, 9.17) is 4.74 Å². The van der Waals surface area contributed by atoms with E-state index in [1.807, 2.05) is 27.7 Å². The van der Waals surface area contributed by atoms with E-state index in [1.54, 1.807) is 19.1 Å². The number of carbonyl (C=O) groups is 1. The summed E-state index contributed by atoms with van der Waals surface area (Å²) in [5, 5.41) is 10.1. The lowest BCUT2D eigenvalue weighted by Crippen LogP contribution is -2.16. The van der Waals surface area contributed by atoms with Gasteiger partial charge in [-0.05, 0) is 24.0 Å². The minimum absolute atomic E-state index is 0.207. The Labute approximate surface area is 102 Å². The Kier molecular flexibility index (Phi) is 3.81. The molecule has 0 aliphatic rings. The Morgan fingerprint density at radius 3 is 2.41 bits per heavy atom. The van der Waals surface area contributed by atoms with Gasteiger partial charge in [-0.15, -0.1) is 0 Å². The largest absolute Gasteiger partial charge is 0.507 e. The second-order valence-corrected chi connectivity index (χ2v) is 5.18. The molecule has 94 valence electrons. The van der Waals surface area contributed by atoms with Gasteiger partial charge in [-0.1, -0.05) is 33.8 Å². The molecule has 3 heteroatoms. The third kappa shape index (κ3) is 2.99. The van der Waals surface area contributed by atoms with Crippen molar-refractivity contribution in [2.24, 2.45) is 0 Å². The van der Waals surface area contributed by atoms with Crippen LogP contribution in [0.25, 0.3) is 0 Å². The van der Waals surface area contributed by atoms with Crippen molar-refractivity contribution < 1.29 is 14.6 Å². The second-order valence-electron chi connectivity index (χ2n) is 5.18. The quantitative estimate of drug-likeness (QED) is 0.633. The number of phenolic OH excluding ortho intramolecular Hbond substituents is 1. The summed E-state index contributed by atoms with van der Waals surface area (Å²) in [6.45, 7) is 9.50. The zero-order valence-corrected chi connectivity index (χ0v) is 11.1. The van der Waals surface area contributed by atoms with Gasteiger partial charge >= 0.3 is 5.97 Å². The maximum absolute atomic E-state index is 11.4. The van der Waals surface area contributed by atoms with Gasteiger partial charge in [0, 0.05) is 12.0 Å². The highest BCUT2D eigenvalue weighted by Crippen LogP contribution is 2.40. The molecule has 0 aliphatic carbocycles. The first-order valence-corrected chi connectivity index (χ1v) is 5.81. The van der Waals surface area contributed by atoms with Gasteiger partial charge in [-0.2, -0.15) is 0 Å². The Balaban J connectivity index is 3.31. The van der Waals surface area contributed by atoms with E-state index in [9.17, 15) is 9.90 Å². The first kappa shape index (κ1) is 13.6. The van der Waals surface area contributed by atoms with E-state index >= 15 is 0 Å². The number of aryl methyl sites for hydroxylation is 1. The average Bonchev–Trinajstić information content (AvgIpc) is 2.21. The first-order chi connectivity index (χ1) is 7.77. The molecule has 0 amide bonds. The van der Waals surface area contributed by atoms with Crippen molar-refractivity contribution in [3.8, 4) is 11.5 Å². The van der Waals surface area contributed by atoms with Crippen molar-refractivity contribution in [3.05, 3.63) is 23.3 Å². The lowest BCUT2D eigenvalue weighted by atomic mass is 9.84. The lowest BCUT2D eigenvalue weighted by Gasteiger charge is -2.24. The number of hydrogen-bond acceptors (Lipinski definition) is 3. The fraction of sp³-hybridized carbons (Fsp3) is 0.500.